The highest BCUT2D eigenvalue weighted by atomic mass is 28.3. The van der Waals surface area contributed by atoms with Crippen LogP contribution in [0, 0.1) is 5.41 Å². The van der Waals surface area contributed by atoms with Gasteiger partial charge in [-0.2, -0.15) is 0 Å². The van der Waals surface area contributed by atoms with E-state index in [9.17, 15) is 14.4 Å². The van der Waals surface area contributed by atoms with Crippen molar-refractivity contribution in [2.45, 2.75) is 110 Å². The Labute approximate surface area is 193 Å². The van der Waals surface area contributed by atoms with Crippen LogP contribution < -0.4 is 5.32 Å². The Morgan fingerprint density at radius 3 is 2.25 bits per heavy atom. The van der Waals surface area contributed by atoms with Crippen LogP contribution in [0.25, 0.3) is 0 Å². The second kappa shape index (κ2) is 10.2. The molecule has 2 fully saturated rings. The molecule has 8 nitrogen and oxygen atoms in total. The Morgan fingerprint density at radius 1 is 1.12 bits per heavy atom. The zero-order valence-electron chi connectivity index (χ0n) is 21.1. The number of imide groups is 1. The summed E-state index contributed by atoms with van der Waals surface area (Å²) in [6.45, 7) is 16.3. The number of nitrogens with one attached hydrogen (secondary N) is 1. The van der Waals surface area contributed by atoms with E-state index < -0.39 is 31.3 Å². The first-order valence-corrected chi connectivity index (χ1v) is 15.4. The van der Waals surface area contributed by atoms with Crippen molar-refractivity contribution in [3.8, 4) is 0 Å². The minimum Gasteiger partial charge on any atom is -0.444 e. The molecule has 1 aliphatic carbocycles. The van der Waals surface area contributed by atoms with Crippen molar-refractivity contribution in [3.63, 3.8) is 0 Å². The molecule has 9 heteroatoms. The lowest BCUT2D eigenvalue weighted by Gasteiger charge is -2.33. The molecule has 0 aromatic carbocycles. The third kappa shape index (κ3) is 7.56. The molecule has 3 amide bonds. The molecule has 1 saturated heterocycles. The fourth-order valence-corrected chi connectivity index (χ4v) is 4.66. The first-order valence-electron chi connectivity index (χ1n) is 11.7. The molecule has 0 spiro atoms. The van der Waals surface area contributed by atoms with Gasteiger partial charge in [0.05, 0.1) is 11.5 Å². The van der Waals surface area contributed by atoms with Gasteiger partial charge in [0.1, 0.15) is 12.3 Å². The smallest absolute Gasteiger partial charge is 0.407 e. The third-order valence-electron chi connectivity index (χ3n) is 5.88. The van der Waals surface area contributed by atoms with Crippen molar-refractivity contribution >= 4 is 26.0 Å². The second-order valence-corrected chi connectivity index (χ2v) is 17.4. The summed E-state index contributed by atoms with van der Waals surface area (Å²) < 4.78 is 17.2. The highest BCUT2D eigenvalue weighted by molar-refractivity contribution is 6.76. The van der Waals surface area contributed by atoms with E-state index in [2.05, 4.69) is 25.0 Å². The summed E-state index contributed by atoms with van der Waals surface area (Å²) in [5.74, 6) is -0.567. The third-order valence-corrected chi connectivity index (χ3v) is 7.59. The first kappa shape index (κ1) is 26.8. The summed E-state index contributed by atoms with van der Waals surface area (Å²) in [4.78, 5) is 39.0. The Balaban J connectivity index is 1.85. The Hall–Kier alpha value is -1.45. The molecule has 0 radical (unpaired) electrons. The van der Waals surface area contributed by atoms with Gasteiger partial charge in [-0.15, -0.1) is 0 Å². The van der Waals surface area contributed by atoms with Crippen molar-refractivity contribution in [2.75, 3.05) is 13.3 Å². The highest BCUT2D eigenvalue weighted by Crippen LogP contribution is 2.37. The number of hydrogen-bond donors (Lipinski definition) is 1. The number of likely N-dealkylation sites (tertiary alicyclic amines) is 1. The van der Waals surface area contributed by atoms with Crippen molar-refractivity contribution in [1.29, 1.82) is 0 Å². The van der Waals surface area contributed by atoms with Gasteiger partial charge in [-0.05, 0) is 66.3 Å². The van der Waals surface area contributed by atoms with Gasteiger partial charge in [-0.3, -0.25) is 14.5 Å². The number of nitrogens with zero attached hydrogens (tertiary/aromatic N) is 1. The average Bonchev–Trinajstić information content (AvgIpc) is 2.78. The van der Waals surface area contributed by atoms with Gasteiger partial charge >= 0.3 is 6.09 Å². The van der Waals surface area contributed by atoms with Crippen LogP contribution >= 0.6 is 0 Å². The maximum absolute atomic E-state index is 13.0. The normalized spacial score (nSPS) is 26.4. The molecule has 1 N–H and O–H groups in total. The SMILES string of the molecule is CC(C)(C)OC(=O)NC1CCC(OC2C(=O)N(COCC[Si](C)(C)C)C(=O)C2(C)C)CC1. The number of carbonyl (C=O) groups excluding carboxylic acids is 3. The van der Waals surface area contributed by atoms with Gasteiger partial charge in [0.25, 0.3) is 5.91 Å². The van der Waals surface area contributed by atoms with Crippen LogP contribution in [0.5, 0.6) is 0 Å². The van der Waals surface area contributed by atoms with Crippen LogP contribution in [0.3, 0.4) is 0 Å². The minimum absolute atomic E-state index is 0.0159. The van der Waals surface area contributed by atoms with E-state index in [1.54, 1.807) is 13.8 Å². The first-order chi connectivity index (χ1) is 14.6. The number of carbonyl (C=O) groups is 3. The molecular formula is C23H42N2O6Si. The van der Waals surface area contributed by atoms with Crippen LogP contribution in [-0.2, 0) is 23.8 Å². The van der Waals surface area contributed by atoms with Gasteiger partial charge in [-0.25, -0.2) is 4.79 Å². The van der Waals surface area contributed by atoms with Gasteiger partial charge in [0.15, 0.2) is 6.10 Å². The molecule has 2 aliphatic rings. The zero-order valence-corrected chi connectivity index (χ0v) is 22.1. The van der Waals surface area contributed by atoms with Crippen molar-refractivity contribution in [3.05, 3.63) is 0 Å². The van der Waals surface area contributed by atoms with Gasteiger partial charge in [0, 0.05) is 20.7 Å². The molecule has 1 saturated carbocycles. The number of ether oxygens (including phenoxy) is 3. The molecular weight excluding hydrogens is 428 g/mol. The molecule has 1 atom stereocenters. The Bertz CT molecular complexity index is 690. The van der Waals surface area contributed by atoms with E-state index >= 15 is 0 Å². The summed E-state index contributed by atoms with van der Waals surface area (Å²) in [6, 6.07) is 1.00. The molecule has 32 heavy (non-hydrogen) atoms. The topological polar surface area (TPSA) is 94.2 Å². The minimum atomic E-state index is -1.24. The molecule has 2 rings (SSSR count). The van der Waals surface area contributed by atoms with Gasteiger partial charge < -0.3 is 19.5 Å². The van der Waals surface area contributed by atoms with E-state index in [0.717, 1.165) is 18.9 Å². The average molecular weight is 471 g/mol. The van der Waals surface area contributed by atoms with Crippen LogP contribution in [-0.4, -0.2) is 68.1 Å². The molecule has 0 bridgehead atoms. The second-order valence-electron chi connectivity index (χ2n) is 11.8. The van der Waals surface area contributed by atoms with Crippen LogP contribution in [0.4, 0.5) is 4.79 Å². The number of rotatable bonds is 8. The number of alkyl carbamates (subject to hydrolysis) is 1. The molecule has 0 aromatic rings. The maximum Gasteiger partial charge on any atom is 0.407 e. The maximum atomic E-state index is 13.0. The standard InChI is InChI=1S/C23H42N2O6Si/c1-22(2,3)31-21(28)24-16-9-11-17(12-10-16)30-18-19(26)25(20(27)23(18,4)5)15-29-13-14-32(6,7)8/h16-18H,9-15H2,1-8H3,(H,24,28). The van der Waals surface area contributed by atoms with Gasteiger partial charge in [-0.1, -0.05) is 19.6 Å². The Morgan fingerprint density at radius 2 is 1.72 bits per heavy atom. The zero-order chi connectivity index (χ0) is 24.3. The lowest BCUT2D eigenvalue weighted by atomic mass is 9.87. The van der Waals surface area contributed by atoms with Gasteiger partial charge in [0.2, 0.25) is 5.91 Å². The van der Waals surface area contributed by atoms with Crippen LogP contribution in [0.2, 0.25) is 25.7 Å². The van der Waals surface area contributed by atoms with Crippen molar-refractivity contribution in [1.82, 2.24) is 10.2 Å². The molecule has 1 heterocycles. The predicted molar refractivity (Wildman–Crippen MR) is 125 cm³/mol. The fraction of sp³-hybridized carbons (Fsp3) is 0.870. The predicted octanol–water partition coefficient (Wildman–Crippen LogP) is 3.91. The van der Waals surface area contributed by atoms with E-state index in [1.165, 1.54) is 4.90 Å². The summed E-state index contributed by atoms with van der Waals surface area (Å²) in [6.07, 6.45) is 1.55. The summed E-state index contributed by atoms with van der Waals surface area (Å²) in [5, 5.41) is 2.91. The summed E-state index contributed by atoms with van der Waals surface area (Å²) in [7, 11) is -1.24. The molecule has 1 unspecified atom stereocenters. The summed E-state index contributed by atoms with van der Waals surface area (Å²) in [5.41, 5.74) is -1.46. The lowest BCUT2D eigenvalue weighted by molar-refractivity contribution is -0.150. The molecule has 0 aromatic heterocycles. The van der Waals surface area contributed by atoms with Crippen LogP contribution in [0.1, 0.15) is 60.3 Å². The fourth-order valence-electron chi connectivity index (χ4n) is 3.90. The van der Waals surface area contributed by atoms with E-state index in [-0.39, 0.29) is 30.7 Å². The van der Waals surface area contributed by atoms with Crippen molar-refractivity contribution in [2.24, 2.45) is 5.41 Å². The monoisotopic (exact) mass is 470 g/mol. The van der Waals surface area contributed by atoms with E-state index in [1.807, 2.05) is 20.8 Å². The highest BCUT2D eigenvalue weighted by Gasteiger charge is 2.55. The number of hydrogen-bond acceptors (Lipinski definition) is 6. The summed E-state index contributed by atoms with van der Waals surface area (Å²) >= 11 is 0. The van der Waals surface area contributed by atoms with Crippen molar-refractivity contribution < 1.29 is 28.6 Å². The van der Waals surface area contributed by atoms with E-state index in [0.29, 0.717) is 19.4 Å². The number of amides is 3. The van der Waals surface area contributed by atoms with Crippen LogP contribution in [0.15, 0.2) is 0 Å². The largest absolute Gasteiger partial charge is 0.444 e. The lowest BCUT2D eigenvalue weighted by Crippen LogP contribution is -2.44. The quantitative estimate of drug-likeness (QED) is 0.328. The Kier molecular flexibility index (Phi) is 8.56. The molecule has 1 aliphatic heterocycles. The van der Waals surface area contributed by atoms with E-state index in [4.69, 9.17) is 14.2 Å². The molecule has 184 valence electrons.